The quantitative estimate of drug-likeness (QED) is 0.367. The maximum Gasteiger partial charge on any atom is 0.241 e. The SMILES string of the molecule is CNC(=O)C1CN(C)CCN1CCN1CCN2C(CN3CCN4CCN(C)C(=O)C4C3)CNC(=O)C2C1. The predicted molar refractivity (Wildman–Crippen MR) is 140 cm³/mol. The smallest absolute Gasteiger partial charge is 0.241 e. The van der Waals surface area contributed by atoms with Gasteiger partial charge in [0.05, 0.1) is 0 Å². The highest BCUT2D eigenvalue weighted by Gasteiger charge is 2.43. The van der Waals surface area contributed by atoms with Gasteiger partial charge in [-0.25, -0.2) is 0 Å². The minimum Gasteiger partial charge on any atom is -0.358 e. The standard InChI is InChI=1S/C25H45N9O3/c1-26-23(35)20-16-28(2)4-9-32(20)11-6-30-8-13-34-19(14-27-24(36)21(34)17-30)15-31-7-12-33-10-5-29(3)25(37)22(33)18-31/h19-22H,4-18H2,1-3H3,(H,26,35)(H,27,36). The highest BCUT2D eigenvalue weighted by Crippen LogP contribution is 2.21. The molecule has 5 heterocycles. The maximum absolute atomic E-state index is 12.9. The van der Waals surface area contributed by atoms with Crippen LogP contribution in [0.2, 0.25) is 0 Å². The van der Waals surface area contributed by atoms with Gasteiger partial charge in [0.15, 0.2) is 0 Å². The first-order valence-electron chi connectivity index (χ1n) is 14.0. The molecule has 0 radical (unpaired) electrons. The second-order valence-corrected chi connectivity index (χ2v) is 11.5. The van der Waals surface area contributed by atoms with Crippen molar-refractivity contribution in [3.05, 3.63) is 0 Å². The van der Waals surface area contributed by atoms with Crippen LogP contribution in [0.1, 0.15) is 0 Å². The Labute approximate surface area is 220 Å². The molecule has 0 aromatic carbocycles. The molecule has 2 N–H and O–H groups in total. The van der Waals surface area contributed by atoms with Crippen molar-refractivity contribution < 1.29 is 14.4 Å². The first-order valence-corrected chi connectivity index (χ1v) is 14.0. The van der Waals surface area contributed by atoms with Crippen molar-refractivity contribution in [2.45, 2.75) is 24.2 Å². The van der Waals surface area contributed by atoms with E-state index in [4.69, 9.17) is 0 Å². The van der Waals surface area contributed by atoms with Crippen LogP contribution in [0.4, 0.5) is 0 Å². The van der Waals surface area contributed by atoms with Crippen LogP contribution in [0, 0.1) is 0 Å². The second kappa shape index (κ2) is 11.5. The maximum atomic E-state index is 12.9. The van der Waals surface area contributed by atoms with E-state index in [-0.39, 0.29) is 41.9 Å². The van der Waals surface area contributed by atoms with Crippen LogP contribution in [0.3, 0.4) is 0 Å². The lowest BCUT2D eigenvalue weighted by atomic mass is 10.0. The fourth-order valence-electron chi connectivity index (χ4n) is 6.75. The number of hydrogen-bond acceptors (Lipinski definition) is 9. The van der Waals surface area contributed by atoms with Gasteiger partial charge in [0.2, 0.25) is 17.7 Å². The third kappa shape index (κ3) is 5.79. The summed E-state index contributed by atoms with van der Waals surface area (Å²) in [4.78, 5) is 54.0. The Kier molecular flexibility index (Phi) is 8.32. The van der Waals surface area contributed by atoms with Crippen molar-refractivity contribution in [1.82, 2.24) is 44.9 Å². The number of nitrogens with one attached hydrogen (secondary N) is 2. The van der Waals surface area contributed by atoms with E-state index >= 15 is 0 Å². The van der Waals surface area contributed by atoms with Gasteiger partial charge in [-0.1, -0.05) is 0 Å². The number of carbonyl (C=O) groups excluding carboxylic acids is 3. The molecule has 0 aromatic heterocycles. The monoisotopic (exact) mass is 519 g/mol. The highest BCUT2D eigenvalue weighted by atomic mass is 16.2. The average Bonchev–Trinajstić information content (AvgIpc) is 2.91. The van der Waals surface area contributed by atoms with E-state index in [0.717, 1.165) is 91.6 Å². The lowest BCUT2D eigenvalue weighted by molar-refractivity contribution is -0.144. The van der Waals surface area contributed by atoms with Gasteiger partial charge in [-0.2, -0.15) is 0 Å². The summed E-state index contributed by atoms with van der Waals surface area (Å²) in [5.41, 5.74) is 0. The first-order chi connectivity index (χ1) is 17.8. The van der Waals surface area contributed by atoms with Gasteiger partial charge in [0.25, 0.3) is 0 Å². The van der Waals surface area contributed by atoms with Gasteiger partial charge in [-0.15, -0.1) is 0 Å². The third-order valence-corrected chi connectivity index (χ3v) is 9.16. The molecular formula is C25H45N9O3. The van der Waals surface area contributed by atoms with E-state index in [0.29, 0.717) is 6.54 Å². The normalized spacial score (nSPS) is 33.6. The molecule has 208 valence electrons. The Hall–Kier alpha value is -1.83. The molecule has 0 bridgehead atoms. The van der Waals surface area contributed by atoms with Crippen LogP contribution in [0.25, 0.3) is 0 Å². The van der Waals surface area contributed by atoms with Crippen LogP contribution in [-0.4, -0.2) is 196 Å². The van der Waals surface area contributed by atoms with Crippen molar-refractivity contribution in [1.29, 1.82) is 0 Å². The molecule has 5 saturated heterocycles. The minimum absolute atomic E-state index is 0.0356. The van der Waals surface area contributed by atoms with Crippen LogP contribution in [0.15, 0.2) is 0 Å². The summed E-state index contributed by atoms with van der Waals surface area (Å²) in [5, 5.41) is 5.98. The van der Waals surface area contributed by atoms with Crippen molar-refractivity contribution in [2.24, 2.45) is 0 Å². The molecule has 12 heteroatoms. The molecule has 5 aliphatic rings. The largest absolute Gasteiger partial charge is 0.358 e. The molecule has 37 heavy (non-hydrogen) atoms. The molecular weight excluding hydrogens is 474 g/mol. The van der Waals surface area contributed by atoms with Crippen molar-refractivity contribution in [2.75, 3.05) is 119 Å². The molecule has 0 aromatic rings. The minimum atomic E-state index is -0.140. The Bertz CT molecular complexity index is 859. The van der Waals surface area contributed by atoms with E-state index in [9.17, 15) is 14.4 Å². The Morgan fingerprint density at radius 1 is 0.892 bits per heavy atom. The van der Waals surface area contributed by atoms with Gasteiger partial charge < -0.3 is 20.4 Å². The van der Waals surface area contributed by atoms with Gasteiger partial charge >= 0.3 is 0 Å². The molecule has 0 aliphatic carbocycles. The van der Waals surface area contributed by atoms with Gasteiger partial charge in [-0.3, -0.25) is 38.9 Å². The zero-order chi connectivity index (χ0) is 26.1. The first kappa shape index (κ1) is 26.8. The zero-order valence-corrected chi connectivity index (χ0v) is 22.8. The van der Waals surface area contributed by atoms with Crippen molar-refractivity contribution in [3.8, 4) is 0 Å². The second-order valence-electron chi connectivity index (χ2n) is 11.5. The van der Waals surface area contributed by atoms with E-state index in [2.05, 4.69) is 47.1 Å². The summed E-state index contributed by atoms with van der Waals surface area (Å²) in [5.74, 6) is 0.435. The van der Waals surface area contributed by atoms with E-state index in [1.54, 1.807) is 7.05 Å². The number of likely N-dealkylation sites (N-methyl/N-ethyl adjacent to an activating group) is 3. The van der Waals surface area contributed by atoms with Crippen LogP contribution < -0.4 is 10.6 Å². The number of fused-ring (bicyclic) bond motifs is 2. The van der Waals surface area contributed by atoms with E-state index in [1.807, 2.05) is 11.9 Å². The number of carbonyl (C=O) groups is 3. The number of nitrogens with zero attached hydrogens (tertiary/aromatic N) is 7. The number of hydrogen-bond donors (Lipinski definition) is 2. The lowest BCUT2D eigenvalue weighted by Crippen LogP contribution is -2.70. The zero-order valence-electron chi connectivity index (χ0n) is 22.8. The Morgan fingerprint density at radius 2 is 1.65 bits per heavy atom. The van der Waals surface area contributed by atoms with Gasteiger partial charge in [0, 0.05) is 118 Å². The molecule has 5 aliphatic heterocycles. The summed E-state index contributed by atoms with van der Waals surface area (Å²) >= 11 is 0. The van der Waals surface area contributed by atoms with Crippen molar-refractivity contribution >= 4 is 17.7 Å². The summed E-state index contributed by atoms with van der Waals surface area (Å²) in [6.07, 6.45) is 0. The Morgan fingerprint density at radius 3 is 2.46 bits per heavy atom. The van der Waals surface area contributed by atoms with Gasteiger partial charge in [0.1, 0.15) is 18.1 Å². The highest BCUT2D eigenvalue weighted by molar-refractivity contribution is 5.83. The number of piperazine rings is 5. The van der Waals surface area contributed by atoms with Gasteiger partial charge in [-0.05, 0) is 7.05 Å². The molecule has 5 rings (SSSR count). The summed E-state index contributed by atoms with van der Waals surface area (Å²) in [7, 11) is 5.68. The molecule has 3 amide bonds. The number of rotatable bonds is 6. The number of amides is 3. The van der Waals surface area contributed by atoms with Crippen molar-refractivity contribution in [3.63, 3.8) is 0 Å². The van der Waals surface area contributed by atoms with Crippen LogP contribution in [0.5, 0.6) is 0 Å². The van der Waals surface area contributed by atoms with E-state index < -0.39 is 0 Å². The Balaban J connectivity index is 1.14. The third-order valence-electron chi connectivity index (χ3n) is 9.16. The predicted octanol–water partition coefficient (Wildman–Crippen LogP) is -3.71. The fraction of sp³-hybridized carbons (Fsp3) is 0.880. The molecule has 0 saturated carbocycles. The average molecular weight is 520 g/mol. The summed E-state index contributed by atoms with van der Waals surface area (Å²) < 4.78 is 0. The van der Waals surface area contributed by atoms with Crippen LogP contribution >= 0.6 is 0 Å². The summed E-state index contributed by atoms with van der Waals surface area (Å²) in [6, 6.07) is -0.0308. The van der Waals surface area contributed by atoms with Crippen LogP contribution in [-0.2, 0) is 14.4 Å². The molecule has 4 atom stereocenters. The molecule has 0 spiro atoms. The molecule has 5 fully saturated rings. The topological polar surface area (TPSA) is 98.0 Å². The molecule has 12 nitrogen and oxygen atoms in total. The lowest BCUT2D eigenvalue weighted by Gasteiger charge is -2.50. The fourth-order valence-corrected chi connectivity index (χ4v) is 6.75. The molecule has 4 unspecified atom stereocenters. The van der Waals surface area contributed by atoms with E-state index in [1.165, 1.54) is 0 Å². The summed E-state index contributed by atoms with van der Waals surface area (Å²) in [6.45, 7) is 12.8.